The van der Waals surface area contributed by atoms with Crippen LogP contribution in [0.5, 0.6) is 0 Å². The Labute approximate surface area is 182 Å². The maximum Gasteiger partial charge on any atom is 0.292 e. The van der Waals surface area contributed by atoms with E-state index >= 15 is 0 Å². The highest BCUT2D eigenvalue weighted by molar-refractivity contribution is 6.53. The van der Waals surface area contributed by atoms with Crippen molar-refractivity contribution in [3.8, 4) is 0 Å². The first kappa shape index (κ1) is 22.7. The van der Waals surface area contributed by atoms with Gasteiger partial charge in [0.1, 0.15) is 0 Å². The average molecular weight is 411 g/mol. The number of benzene rings is 1. The zero-order valence-electron chi connectivity index (χ0n) is 19.1. The molecule has 1 heterocycles. The number of nitrogens with zero attached hydrogens (tertiary/aromatic N) is 1. The minimum Gasteiger partial charge on any atom is -0.348 e. The van der Waals surface area contributed by atoms with Gasteiger partial charge in [-0.25, -0.2) is 0 Å². The molecule has 1 amide bonds. The summed E-state index contributed by atoms with van der Waals surface area (Å²) in [5, 5.41) is 2.87. The lowest BCUT2D eigenvalue weighted by molar-refractivity contribution is -0.134. The number of allylic oxidation sites excluding steroid dienone is 1. The Kier molecular flexibility index (Phi) is 7.87. The molecule has 0 aromatic heterocycles. The Hall–Kier alpha value is -1.94. The van der Waals surface area contributed by atoms with Crippen molar-refractivity contribution in [1.82, 2.24) is 10.2 Å². The maximum atomic E-state index is 13.0. The number of rotatable bonds is 8. The first-order valence-electron chi connectivity index (χ1n) is 11.8. The van der Waals surface area contributed by atoms with Gasteiger partial charge in [-0.2, -0.15) is 0 Å². The molecule has 164 valence electrons. The van der Waals surface area contributed by atoms with E-state index in [4.69, 9.17) is 0 Å². The SMILES string of the molecule is CCC1CCN(CCNC(=O)C(=O)C2=CC(C)C(CC(C)C)c3ccccc32)CC1. The third kappa shape index (κ3) is 5.40. The zero-order chi connectivity index (χ0) is 21.7. The molecule has 1 N–H and O–H groups in total. The molecule has 0 saturated carbocycles. The number of fused-ring (bicyclic) bond motifs is 1. The van der Waals surface area contributed by atoms with Crippen LogP contribution in [0.15, 0.2) is 30.3 Å². The van der Waals surface area contributed by atoms with Crippen molar-refractivity contribution >= 4 is 17.3 Å². The van der Waals surface area contributed by atoms with Crippen LogP contribution in [0, 0.1) is 17.8 Å². The van der Waals surface area contributed by atoms with E-state index < -0.39 is 11.7 Å². The van der Waals surface area contributed by atoms with Crippen molar-refractivity contribution in [2.75, 3.05) is 26.2 Å². The summed E-state index contributed by atoms with van der Waals surface area (Å²) < 4.78 is 0. The number of likely N-dealkylation sites (tertiary alicyclic amines) is 1. The fourth-order valence-corrected chi connectivity index (χ4v) is 5.01. The Morgan fingerprint density at radius 3 is 2.53 bits per heavy atom. The van der Waals surface area contributed by atoms with Gasteiger partial charge in [-0.3, -0.25) is 9.59 Å². The van der Waals surface area contributed by atoms with Crippen molar-refractivity contribution in [3.63, 3.8) is 0 Å². The van der Waals surface area contributed by atoms with E-state index in [1.54, 1.807) is 0 Å². The summed E-state index contributed by atoms with van der Waals surface area (Å²) in [7, 11) is 0. The standard InChI is InChI=1S/C26H38N2O2/c1-5-20-10-13-28(14-11-20)15-12-27-26(30)25(29)24-17-19(4)23(16-18(2)3)21-8-6-7-9-22(21)24/h6-9,17-20,23H,5,10-16H2,1-4H3,(H,27,30). The van der Waals surface area contributed by atoms with Gasteiger partial charge in [-0.05, 0) is 67.2 Å². The van der Waals surface area contributed by atoms with E-state index in [1.165, 1.54) is 24.8 Å². The molecule has 1 aliphatic carbocycles. The van der Waals surface area contributed by atoms with Gasteiger partial charge in [0.25, 0.3) is 5.91 Å². The second-order valence-electron chi connectivity index (χ2n) is 9.54. The van der Waals surface area contributed by atoms with Crippen LogP contribution in [-0.2, 0) is 9.59 Å². The molecule has 3 rings (SSSR count). The zero-order valence-corrected chi connectivity index (χ0v) is 19.1. The second-order valence-corrected chi connectivity index (χ2v) is 9.54. The van der Waals surface area contributed by atoms with Gasteiger partial charge in [-0.15, -0.1) is 0 Å². The molecule has 2 aliphatic rings. The van der Waals surface area contributed by atoms with Crippen LogP contribution in [-0.4, -0.2) is 42.8 Å². The number of amides is 1. The smallest absolute Gasteiger partial charge is 0.292 e. The van der Waals surface area contributed by atoms with Crippen molar-refractivity contribution in [3.05, 3.63) is 41.5 Å². The van der Waals surface area contributed by atoms with Gasteiger partial charge >= 0.3 is 0 Å². The van der Waals surface area contributed by atoms with Gasteiger partial charge in [0, 0.05) is 18.7 Å². The summed E-state index contributed by atoms with van der Waals surface area (Å²) in [6, 6.07) is 8.11. The molecule has 0 spiro atoms. The minimum absolute atomic E-state index is 0.244. The Morgan fingerprint density at radius 1 is 1.17 bits per heavy atom. The number of ketones is 1. The molecule has 4 heteroatoms. The summed E-state index contributed by atoms with van der Waals surface area (Å²) in [6.45, 7) is 12.4. The van der Waals surface area contributed by atoms with E-state index in [0.717, 1.165) is 37.5 Å². The first-order valence-corrected chi connectivity index (χ1v) is 11.8. The molecule has 1 aromatic rings. The molecule has 1 fully saturated rings. The second kappa shape index (κ2) is 10.4. The van der Waals surface area contributed by atoms with Crippen LogP contribution in [0.1, 0.15) is 70.4 Å². The molecule has 2 atom stereocenters. The monoisotopic (exact) mass is 410 g/mol. The molecular formula is C26H38N2O2. The first-order chi connectivity index (χ1) is 14.4. The average Bonchev–Trinajstić information content (AvgIpc) is 2.75. The third-order valence-corrected chi connectivity index (χ3v) is 6.89. The fourth-order valence-electron chi connectivity index (χ4n) is 5.01. The quantitative estimate of drug-likeness (QED) is 0.634. The van der Waals surface area contributed by atoms with Gasteiger partial charge in [0.15, 0.2) is 0 Å². The van der Waals surface area contributed by atoms with Crippen LogP contribution >= 0.6 is 0 Å². The number of hydrogen-bond donors (Lipinski definition) is 1. The Balaban J connectivity index is 1.61. The largest absolute Gasteiger partial charge is 0.348 e. The Morgan fingerprint density at radius 2 is 1.87 bits per heavy atom. The van der Waals surface area contributed by atoms with Crippen LogP contribution in [0.4, 0.5) is 0 Å². The number of carbonyl (C=O) groups is 2. The van der Waals surface area contributed by atoms with Crippen molar-refractivity contribution in [1.29, 1.82) is 0 Å². The number of nitrogens with one attached hydrogen (secondary N) is 1. The van der Waals surface area contributed by atoms with Crippen molar-refractivity contribution in [2.24, 2.45) is 17.8 Å². The van der Waals surface area contributed by atoms with E-state index in [9.17, 15) is 9.59 Å². The number of hydrogen-bond acceptors (Lipinski definition) is 3. The van der Waals surface area contributed by atoms with E-state index in [0.29, 0.717) is 24.0 Å². The van der Waals surface area contributed by atoms with Crippen LogP contribution < -0.4 is 5.32 Å². The van der Waals surface area contributed by atoms with E-state index in [-0.39, 0.29) is 5.92 Å². The van der Waals surface area contributed by atoms with Gasteiger partial charge in [0.2, 0.25) is 5.78 Å². The normalized spacial score (nSPS) is 22.5. The number of piperidine rings is 1. The summed E-state index contributed by atoms with van der Waals surface area (Å²) in [5.41, 5.74) is 2.71. The molecule has 1 saturated heterocycles. The molecular weight excluding hydrogens is 372 g/mol. The third-order valence-electron chi connectivity index (χ3n) is 6.89. The summed E-state index contributed by atoms with van der Waals surface area (Å²) in [5.74, 6) is 1.19. The van der Waals surface area contributed by atoms with Gasteiger partial charge in [-0.1, -0.05) is 64.5 Å². The summed E-state index contributed by atoms with van der Waals surface area (Å²) in [6.07, 6.45) is 6.83. The predicted molar refractivity (Wildman–Crippen MR) is 123 cm³/mol. The number of Topliss-reactive ketones (excluding diaryl/α,β-unsaturated/α-hetero) is 1. The Bertz CT molecular complexity index is 775. The molecule has 0 bridgehead atoms. The molecule has 4 nitrogen and oxygen atoms in total. The van der Waals surface area contributed by atoms with E-state index in [2.05, 4.69) is 44.0 Å². The molecule has 1 aromatic carbocycles. The van der Waals surface area contributed by atoms with Crippen molar-refractivity contribution in [2.45, 2.75) is 59.3 Å². The topological polar surface area (TPSA) is 49.4 Å². The van der Waals surface area contributed by atoms with Gasteiger partial charge < -0.3 is 10.2 Å². The molecule has 2 unspecified atom stereocenters. The fraction of sp³-hybridized carbons (Fsp3) is 0.615. The summed E-state index contributed by atoms with van der Waals surface area (Å²) >= 11 is 0. The molecule has 1 aliphatic heterocycles. The van der Waals surface area contributed by atoms with Gasteiger partial charge in [0.05, 0.1) is 0 Å². The molecule has 0 radical (unpaired) electrons. The minimum atomic E-state index is -0.478. The van der Waals surface area contributed by atoms with Crippen molar-refractivity contribution < 1.29 is 9.59 Å². The van der Waals surface area contributed by atoms with Crippen LogP contribution in [0.2, 0.25) is 0 Å². The molecule has 30 heavy (non-hydrogen) atoms. The lowest BCUT2D eigenvalue weighted by Crippen LogP contribution is -2.41. The van der Waals surface area contributed by atoms with E-state index in [1.807, 2.05) is 24.3 Å². The number of carbonyl (C=O) groups excluding carboxylic acids is 2. The van der Waals surface area contributed by atoms with Crippen LogP contribution in [0.25, 0.3) is 5.57 Å². The predicted octanol–water partition coefficient (Wildman–Crippen LogP) is 4.66. The lowest BCUT2D eigenvalue weighted by Gasteiger charge is -2.32. The highest BCUT2D eigenvalue weighted by Gasteiger charge is 2.32. The highest BCUT2D eigenvalue weighted by atomic mass is 16.2. The summed E-state index contributed by atoms with van der Waals surface area (Å²) in [4.78, 5) is 28.0. The highest BCUT2D eigenvalue weighted by Crippen LogP contribution is 2.41. The lowest BCUT2D eigenvalue weighted by atomic mass is 9.73. The maximum absolute atomic E-state index is 13.0. The van der Waals surface area contributed by atoms with Crippen LogP contribution in [0.3, 0.4) is 0 Å².